The van der Waals surface area contributed by atoms with E-state index in [1.54, 1.807) is 0 Å². The molecule has 10 heteroatoms. The summed E-state index contributed by atoms with van der Waals surface area (Å²) in [6.45, 7) is 4.39. The zero-order chi connectivity index (χ0) is 33.8. The van der Waals surface area contributed by atoms with Crippen LogP contribution in [-0.2, 0) is 25.9 Å². The number of aryl methyl sites for hydroxylation is 4. The first-order valence-electron chi connectivity index (χ1n) is 16.9. The smallest absolute Gasteiger partial charge is 0.169 e. The first-order valence-corrected chi connectivity index (χ1v) is 19.4. The van der Waals surface area contributed by atoms with Crippen LogP contribution in [0.25, 0.3) is 6.08 Å². The standard InChI is InChI=1S/C38H52N4O4S2/c43-27-21-41(22-28-44)37-9-5-33(6-10-37)1-3-35-13-17-39(18-14-35)25-31-47-48-32-26-40-19-15-36(16-20-40)4-2-34-7-11-38(12-8-34)42(23-29-45)24-30-46/h1,3,5,7-20,33,43-46H,2,4,6,21-32H2/q+2/b3-1+. The van der Waals surface area contributed by atoms with Crippen molar-refractivity contribution in [2.75, 3.05) is 69.0 Å². The number of aliphatic hydroxyl groups excluding tert-OH is 4. The number of rotatable bonds is 22. The molecule has 0 fully saturated rings. The molecule has 1 aliphatic carbocycles. The van der Waals surface area contributed by atoms with Gasteiger partial charge < -0.3 is 30.2 Å². The second-order valence-corrected chi connectivity index (χ2v) is 14.4. The van der Waals surface area contributed by atoms with Crippen LogP contribution in [0.3, 0.4) is 0 Å². The molecule has 4 rings (SSSR count). The van der Waals surface area contributed by atoms with Crippen LogP contribution in [0.1, 0.15) is 23.1 Å². The molecule has 1 aromatic carbocycles. The summed E-state index contributed by atoms with van der Waals surface area (Å²) < 4.78 is 4.49. The number of aromatic nitrogens is 2. The predicted octanol–water partition coefficient (Wildman–Crippen LogP) is 3.68. The van der Waals surface area contributed by atoms with Gasteiger partial charge in [-0.25, -0.2) is 9.13 Å². The minimum atomic E-state index is 0.0723. The van der Waals surface area contributed by atoms with Crippen LogP contribution < -0.4 is 14.0 Å². The summed E-state index contributed by atoms with van der Waals surface area (Å²) in [5.74, 6) is 2.47. The molecule has 48 heavy (non-hydrogen) atoms. The number of anilines is 1. The van der Waals surface area contributed by atoms with Crippen LogP contribution in [0.2, 0.25) is 0 Å². The maximum Gasteiger partial charge on any atom is 0.169 e. The highest BCUT2D eigenvalue weighted by atomic mass is 33.1. The third-order valence-electron chi connectivity index (χ3n) is 8.32. The zero-order valence-corrected chi connectivity index (χ0v) is 29.5. The lowest BCUT2D eigenvalue weighted by atomic mass is 9.97. The van der Waals surface area contributed by atoms with Crippen molar-refractivity contribution in [3.63, 3.8) is 0 Å². The number of aliphatic hydroxyl groups is 4. The predicted molar refractivity (Wildman–Crippen MR) is 199 cm³/mol. The van der Waals surface area contributed by atoms with E-state index < -0.39 is 0 Å². The molecule has 1 atom stereocenters. The summed E-state index contributed by atoms with van der Waals surface area (Å²) >= 11 is 0. The Morgan fingerprint density at radius 3 is 1.71 bits per heavy atom. The van der Waals surface area contributed by atoms with Gasteiger partial charge in [-0.15, -0.1) is 0 Å². The van der Waals surface area contributed by atoms with Gasteiger partial charge in [0, 0.05) is 61.8 Å². The lowest BCUT2D eigenvalue weighted by molar-refractivity contribution is -0.692. The largest absolute Gasteiger partial charge is 0.395 e. The van der Waals surface area contributed by atoms with E-state index in [4.69, 9.17) is 0 Å². The van der Waals surface area contributed by atoms with Crippen LogP contribution >= 0.6 is 21.6 Å². The topological polar surface area (TPSA) is 95.2 Å². The van der Waals surface area contributed by atoms with E-state index in [1.165, 1.54) is 16.7 Å². The van der Waals surface area contributed by atoms with E-state index in [2.05, 4.69) is 113 Å². The molecule has 1 unspecified atom stereocenters. The number of nitrogens with zero attached hydrogens (tertiary/aromatic N) is 4. The molecule has 0 saturated heterocycles. The van der Waals surface area contributed by atoms with Crippen LogP contribution in [-0.4, -0.2) is 89.4 Å². The zero-order valence-electron chi connectivity index (χ0n) is 27.9. The van der Waals surface area contributed by atoms with Crippen molar-refractivity contribution >= 4 is 33.4 Å². The van der Waals surface area contributed by atoms with Crippen molar-refractivity contribution in [2.24, 2.45) is 5.92 Å². The molecule has 0 saturated carbocycles. The van der Waals surface area contributed by atoms with Gasteiger partial charge in [-0.2, -0.15) is 0 Å². The average molecular weight is 693 g/mol. The van der Waals surface area contributed by atoms with E-state index in [1.807, 2.05) is 31.4 Å². The van der Waals surface area contributed by atoms with Crippen molar-refractivity contribution < 1.29 is 29.6 Å². The van der Waals surface area contributed by atoms with Crippen molar-refractivity contribution in [1.29, 1.82) is 0 Å². The molecule has 0 spiro atoms. The number of benzene rings is 1. The number of allylic oxidation sites excluding steroid dienone is 4. The summed E-state index contributed by atoms with van der Waals surface area (Å²) in [5, 5.41) is 37.1. The molecule has 0 amide bonds. The molecular formula is C38H52N4O4S2+2. The van der Waals surface area contributed by atoms with Gasteiger partial charge in [0.2, 0.25) is 0 Å². The maximum absolute atomic E-state index is 9.27. The molecule has 4 N–H and O–H groups in total. The van der Waals surface area contributed by atoms with Crippen molar-refractivity contribution in [3.8, 4) is 0 Å². The molecule has 3 aromatic rings. The Hall–Kier alpha value is -3.12. The Kier molecular flexibility index (Phi) is 17.1. The van der Waals surface area contributed by atoms with Crippen LogP contribution in [0, 0.1) is 5.92 Å². The molecule has 1 aliphatic rings. The van der Waals surface area contributed by atoms with Gasteiger partial charge in [0.25, 0.3) is 0 Å². The fourth-order valence-electron chi connectivity index (χ4n) is 5.56. The SMILES string of the molecule is OCCN(CCO)C1=CCC(/C=C/c2cc[n+](CCSSCC[n+]3ccc(CCc4ccc(N(CCO)CCO)cc4)cc3)cc2)C=C1. The van der Waals surface area contributed by atoms with E-state index >= 15 is 0 Å². The Balaban J connectivity index is 1.08. The van der Waals surface area contributed by atoms with Gasteiger partial charge in [-0.05, 0) is 60.1 Å². The monoisotopic (exact) mass is 692 g/mol. The normalized spacial score (nSPS) is 14.4. The van der Waals surface area contributed by atoms with Gasteiger partial charge in [-0.3, -0.25) is 0 Å². The molecule has 0 bridgehead atoms. The summed E-state index contributed by atoms with van der Waals surface area (Å²) in [7, 11) is 3.85. The Morgan fingerprint density at radius 2 is 1.19 bits per heavy atom. The van der Waals surface area contributed by atoms with E-state index in [9.17, 15) is 20.4 Å². The quantitative estimate of drug-likeness (QED) is 0.0721. The lowest BCUT2D eigenvalue weighted by Gasteiger charge is -2.26. The fraction of sp³-hybridized carbons (Fsp3) is 0.421. The van der Waals surface area contributed by atoms with Crippen molar-refractivity contribution in [2.45, 2.75) is 32.4 Å². The van der Waals surface area contributed by atoms with Crippen LogP contribution in [0.4, 0.5) is 5.69 Å². The van der Waals surface area contributed by atoms with E-state index in [0.29, 0.717) is 32.1 Å². The first-order chi connectivity index (χ1) is 23.6. The third-order valence-corrected chi connectivity index (χ3v) is 10.7. The van der Waals surface area contributed by atoms with Gasteiger partial charge in [0.1, 0.15) is 0 Å². The summed E-state index contributed by atoms with van der Waals surface area (Å²) in [4.78, 5) is 4.01. The fourth-order valence-corrected chi connectivity index (χ4v) is 7.52. The highest BCUT2D eigenvalue weighted by Crippen LogP contribution is 2.22. The van der Waals surface area contributed by atoms with Gasteiger partial charge in [-0.1, -0.05) is 58.0 Å². The second kappa shape index (κ2) is 21.8. The third kappa shape index (κ3) is 13.1. The molecular weight excluding hydrogens is 641 g/mol. The lowest BCUT2D eigenvalue weighted by Crippen LogP contribution is -2.34. The molecule has 258 valence electrons. The summed E-state index contributed by atoms with van der Waals surface area (Å²) in [5.41, 5.74) is 5.91. The van der Waals surface area contributed by atoms with Crippen LogP contribution in [0.15, 0.2) is 103 Å². The summed E-state index contributed by atoms with van der Waals surface area (Å²) in [6, 6.07) is 17.2. The Bertz CT molecular complexity index is 1400. The number of hydrogen-bond donors (Lipinski definition) is 4. The highest BCUT2D eigenvalue weighted by Gasteiger charge is 2.12. The van der Waals surface area contributed by atoms with E-state index in [0.717, 1.165) is 55.2 Å². The average Bonchev–Trinajstić information content (AvgIpc) is 3.12. The molecule has 0 aliphatic heterocycles. The molecule has 2 heterocycles. The first kappa shape index (κ1) is 37.7. The Labute approximate surface area is 294 Å². The maximum atomic E-state index is 9.27. The highest BCUT2D eigenvalue weighted by molar-refractivity contribution is 8.76. The van der Waals surface area contributed by atoms with E-state index in [-0.39, 0.29) is 26.4 Å². The molecule has 2 aromatic heterocycles. The van der Waals surface area contributed by atoms with Crippen molar-refractivity contribution in [3.05, 3.63) is 120 Å². The van der Waals surface area contributed by atoms with Gasteiger partial charge >= 0.3 is 0 Å². The number of hydrogen-bond acceptors (Lipinski definition) is 8. The molecule has 8 nitrogen and oxygen atoms in total. The van der Waals surface area contributed by atoms with Gasteiger partial charge in [0.15, 0.2) is 37.9 Å². The minimum Gasteiger partial charge on any atom is -0.395 e. The summed E-state index contributed by atoms with van der Waals surface area (Å²) in [6.07, 6.45) is 22.4. The molecule has 0 radical (unpaired) electrons. The van der Waals surface area contributed by atoms with Gasteiger partial charge in [0.05, 0.1) is 37.9 Å². The second-order valence-electron chi connectivity index (χ2n) is 11.7. The van der Waals surface area contributed by atoms with Crippen LogP contribution in [0.5, 0.6) is 0 Å². The minimum absolute atomic E-state index is 0.0723. The van der Waals surface area contributed by atoms with Crippen molar-refractivity contribution in [1.82, 2.24) is 4.90 Å². The number of pyridine rings is 2. The Morgan fingerprint density at radius 1 is 0.667 bits per heavy atom.